The largest absolute Gasteiger partial charge is 0.481 e. The van der Waals surface area contributed by atoms with Gasteiger partial charge in [0.1, 0.15) is 0 Å². The zero-order valence-electron chi connectivity index (χ0n) is 16.1. The number of anilines is 1. The van der Waals surface area contributed by atoms with Gasteiger partial charge in [-0.25, -0.2) is 4.98 Å². The number of aromatic nitrogens is 1. The van der Waals surface area contributed by atoms with Gasteiger partial charge in [-0.15, -0.1) is 0 Å². The molecule has 1 aromatic heterocycles. The van der Waals surface area contributed by atoms with E-state index in [0.29, 0.717) is 12.4 Å². The van der Waals surface area contributed by atoms with Gasteiger partial charge in [-0.2, -0.15) is 0 Å². The SMILES string of the molecule is CCN(CCNC(=NC)NCc1cccnc1OC)c1cccc(C)c1. The molecule has 0 saturated carbocycles. The molecule has 2 aromatic rings. The number of methoxy groups -OCH3 is 1. The number of nitrogens with one attached hydrogen (secondary N) is 2. The summed E-state index contributed by atoms with van der Waals surface area (Å²) in [5.41, 5.74) is 3.52. The highest BCUT2D eigenvalue weighted by Gasteiger charge is 2.07. The minimum atomic E-state index is 0.603. The van der Waals surface area contributed by atoms with Crippen LogP contribution in [0, 0.1) is 6.92 Å². The van der Waals surface area contributed by atoms with Gasteiger partial charge in [0.15, 0.2) is 5.96 Å². The quantitative estimate of drug-likeness (QED) is 0.563. The summed E-state index contributed by atoms with van der Waals surface area (Å²) in [6.07, 6.45) is 1.72. The summed E-state index contributed by atoms with van der Waals surface area (Å²) in [6.45, 7) is 7.55. The van der Waals surface area contributed by atoms with Crippen LogP contribution in [0.1, 0.15) is 18.1 Å². The molecule has 1 heterocycles. The van der Waals surface area contributed by atoms with Gasteiger partial charge in [-0.05, 0) is 37.6 Å². The van der Waals surface area contributed by atoms with Gasteiger partial charge >= 0.3 is 0 Å². The predicted molar refractivity (Wildman–Crippen MR) is 108 cm³/mol. The summed E-state index contributed by atoms with van der Waals surface area (Å²) in [7, 11) is 3.40. The van der Waals surface area contributed by atoms with Crippen molar-refractivity contribution in [3.8, 4) is 5.88 Å². The summed E-state index contributed by atoms with van der Waals surface area (Å²) in [6, 6.07) is 12.5. The van der Waals surface area contributed by atoms with Crippen molar-refractivity contribution in [2.75, 3.05) is 38.7 Å². The molecule has 1 aromatic carbocycles. The summed E-state index contributed by atoms with van der Waals surface area (Å²) in [5.74, 6) is 1.39. The maximum absolute atomic E-state index is 5.28. The van der Waals surface area contributed by atoms with Gasteiger partial charge in [-0.1, -0.05) is 18.2 Å². The monoisotopic (exact) mass is 355 g/mol. The fraction of sp³-hybridized carbons (Fsp3) is 0.400. The molecule has 0 atom stereocenters. The third-order valence-corrected chi connectivity index (χ3v) is 4.14. The van der Waals surface area contributed by atoms with Gasteiger partial charge in [0, 0.05) is 50.7 Å². The number of likely N-dealkylation sites (N-methyl/N-ethyl adjacent to an activating group) is 1. The first-order valence-electron chi connectivity index (χ1n) is 8.92. The van der Waals surface area contributed by atoms with Crippen molar-refractivity contribution < 1.29 is 4.74 Å². The van der Waals surface area contributed by atoms with E-state index in [9.17, 15) is 0 Å². The van der Waals surface area contributed by atoms with Crippen LogP contribution in [0.3, 0.4) is 0 Å². The molecule has 0 radical (unpaired) electrons. The first-order chi connectivity index (χ1) is 12.7. The van der Waals surface area contributed by atoms with Gasteiger partial charge in [0.2, 0.25) is 5.88 Å². The molecule has 0 fully saturated rings. The van der Waals surface area contributed by atoms with Crippen molar-refractivity contribution in [2.24, 2.45) is 4.99 Å². The van der Waals surface area contributed by atoms with E-state index in [-0.39, 0.29) is 0 Å². The molecule has 0 saturated heterocycles. The number of benzene rings is 1. The molecule has 0 aliphatic heterocycles. The number of aliphatic imine (C=N–C) groups is 1. The summed E-state index contributed by atoms with van der Waals surface area (Å²) >= 11 is 0. The zero-order chi connectivity index (χ0) is 18.8. The summed E-state index contributed by atoms with van der Waals surface area (Å²) < 4.78 is 5.28. The Morgan fingerprint density at radius 1 is 1.23 bits per heavy atom. The molecule has 2 rings (SSSR count). The Balaban J connectivity index is 1.84. The highest BCUT2D eigenvalue weighted by Crippen LogP contribution is 2.15. The molecule has 2 N–H and O–H groups in total. The Bertz CT molecular complexity index is 717. The number of ether oxygens (including phenoxy) is 1. The molecule has 0 unspecified atom stereocenters. The summed E-state index contributed by atoms with van der Waals surface area (Å²) in [4.78, 5) is 10.8. The molecule has 0 spiro atoms. The highest BCUT2D eigenvalue weighted by atomic mass is 16.5. The maximum atomic E-state index is 5.28. The van der Waals surface area contributed by atoms with Crippen LogP contribution in [-0.2, 0) is 6.54 Å². The second-order valence-corrected chi connectivity index (χ2v) is 5.94. The number of guanidine groups is 1. The number of hydrogen-bond donors (Lipinski definition) is 2. The van der Waals surface area contributed by atoms with E-state index in [1.807, 2.05) is 12.1 Å². The minimum Gasteiger partial charge on any atom is -0.481 e. The average molecular weight is 355 g/mol. The number of pyridine rings is 1. The van der Waals surface area contributed by atoms with Crippen LogP contribution in [0.4, 0.5) is 5.69 Å². The lowest BCUT2D eigenvalue weighted by atomic mass is 10.2. The second kappa shape index (κ2) is 10.3. The molecule has 0 amide bonds. The lowest BCUT2D eigenvalue weighted by Crippen LogP contribution is -2.41. The average Bonchev–Trinajstić information content (AvgIpc) is 2.67. The molecular weight excluding hydrogens is 326 g/mol. The third-order valence-electron chi connectivity index (χ3n) is 4.14. The van der Waals surface area contributed by atoms with E-state index in [4.69, 9.17) is 4.74 Å². The highest BCUT2D eigenvalue weighted by molar-refractivity contribution is 5.79. The summed E-state index contributed by atoms with van der Waals surface area (Å²) in [5, 5.41) is 6.66. The van der Waals surface area contributed by atoms with E-state index < -0.39 is 0 Å². The molecule has 6 heteroatoms. The number of aryl methyl sites for hydroxylation is 1. The number of nitrogens with zero attached hydrogens (tertiary/aromatic N) is 3. The predicted octanol–water partition coefficient (Wildman–Crippen LogP) is 2.59. The van der Waals surface area contributed by atoms with Gasteiger partial charge in [0.05, 0.1) is 7.11 Å². The van der Waals surface area contributed by atoms with Crippen molar-refractivity contribution in [3.63, 3.8) is 0 Å². The van der Waals surface area contributed by atoms with E-state index in [0.717, 1.165) is 31.2 Å². The molecule has 6 nitrogen and oxygen atoms in total. The van der Waals surface area contributed by atoms with E-state index in [2.05, 4.69) is 63.6 Å². The van der Waals surface area contributed by atoms with Crippen LogP contribution in [0.2, 0.25) is 0 Å². The van der Waals surface area contributed by atoms with Gasteiger partial charge in [-0.3, -0.25) is 4.99 Å². The van der Waals surface area contributed by atoms with Crippen molar-refractivity contribution in [2.45, 2.75) is 20.4 Å². The maximum Gasteiger partial charge on any atom is 0.218 e. The Labute approximate surface area is 156 Å². The van der Waals surface area contributed by atoms with Crippen LogP contribution in [0.15, 0.2) is 47.6 Å². The first-order valence-corrected chi connectivity index (χ1v) is 8.92. The molecule has 140 valence electrons. The van der Waals surface area contributed by atoms with Gasteiger partial charge < -0.3 is 20.3 Å². The Morgan fingerprint density at radius 3 is 2.77 bits per heavy atom. The second-order valence-electron chi connectivity index (χ2n) is 5.94. The topological polar surface area (TPSA) is 61.8 Å². The van der Waals surface area contributed by atoms with Gasteiger partial charge in [0.25, 0.3) is 0 Å². The van der Waals surface area contributed by atoms with Crippen molar-refractivity contribution in [1.82, 2.24) is 15.6 Å². The smallest absolute Gasteiger partial charge is 0.218 e. The Kier molecular flexibility index (Phi) is 7.74. The Hall–Kier alpha value is -2.76. The van der Waals surface area contributed by atoms with E-state index in [1.54, 1.807) is 20.4 Å². The van der Waals surface area contributed by atoms with Crippen LogP contribution in [0.25, 0.3) is 0 Å². The van der Waals surface area contributed by atoms with E-state index in [1.165, 1.54) is 11.3 Å². The van der Waals surface area contributed by atoms with Crippen molar-refractivity contribution in [1.29, 1.82) is 0 Å². The fourth-order valence-corrected chi connectivity index (χ4v) is 2.75. The van der Waals surface area contributed by atoms with Crippen molar-refractivity contribution >= 4 is 11.6 Å². The third kappa shape index (κ3) is 5.65. The van der Waals surface area contributed by atoms with Crippen LogP contribution in [-0.4, -0.2) is 44.7 Å². The van der Waals surface area contributed by atoms with Crippen molar-refractivity contribution in [3.05, 3.63) is 53.7 Å². The Morgan fingerprint density at radius 2 is 2.08 bits per heavy atom. The van der Waals surface area contributed by atoms with Crippen LogP contribution < -0.4 is 20.3 Å². The molecule has 26 heavy (non-hydrogen) atoms. The first kappa shape index (κ1) is 19.6. The molecule has 0 aliphatic carbocycles. The standard InChI is InChI=1S/C20H29N5O/c1-5-25(18-10-6-8-16(2)14-18)13-12-23-20(21-3)24-15-17-9-7-11-22-19(17)26-4/h6-11,14H,5,12-13,15H2,1-4H3,(H2,21,23,24). The zero-order valence-corrected chi connectivity index (χ0v) is 16.1. The molecular formula is C20H29N5O. The van der Waals surface area contributed by atoms with Crippen LogP contribution in [0.5, 0.6) is 5.88 Å². The number of rotatable bonds is 8. The molecule has 0 aliphatic rings. The lowest BCUT2D eigenvalue weighted by Gasteiger charge is -2.24. The fourth-order valence-electron chi connectivity index (χ4n) is 2.75. The lowest BCUT2D eigenvalue weighted by molar-refractivity contribution is 0.392. The van der Waals surface area contributed by atoms with E-state index >= 15 is 0 Å². The normalized spacial score (nSPS) is 11.2. The minimum absolute atomic E-state index is 0.603. The molecule has 0 bridgehead atoms. The number of hydrogen-bond acceptors (Lipinski definition) is 4. The van der Waals surface area contributed by atoms with Crippen LogP contribution >= 0.6 is 0 Å².